The highest BCUT2D eigenvalue weighted by molar-refractivity contribution is 9.11. The van der Waals surface area contributed by atoms with Crippen LogP contribution in [0.1, 0.15) is 15.9 Å². The Morgan fingerprint density at radius 2 is 1.69 bits per heavy atom. The quantitative estimate of drug-likeness (QED) is 0.144. The van der Waals surface area contributed by atoms with Crippen molar-refractivity contribution in [2.24, 2.45) is 0 Å². The lowest BCUT2D eigenvalue weighted by Crippen LogP contribution is -2.17. The smallest absolute Gasteiger partial charge is 0.346 e. The highest BCUT2D eigenvalue weighted by atomic mass is 79.9. The Balaban J connectivity index is 1.89. The second-order valence-corrected chi connectivity index (χ2v) is 8.95. The van der Waals surface area contributed by atoms with Crippen LogP contribution in [0.5, 0.6) is 5.75 Å². The van der Waals surface area contributed by atoms with Crippen molar-refractivity contribution in [2.45, 2.75) is 6.42 Å². The number of para-hydroxylation sites is 2. The summed E-state index contributed by atoms with van der Waals surface area (Å²) in [7, 11) is 0. The fourth-order valence-corrected chi connectivity index (χ4v) is 4.75. The van der Waals surface area contributed by atoms with Gasteiger partial charge in [-0.3, -0.25) is 14.9 Å². The first kappa shape index (κ1) is 24.2. The molecule has 11 heteroatoms. The zero-order valence-electron chi connectivity index (χ0n) is 15.9. The van der Waals surface area contributed by atoms with Crippen LogP contribution in [0.15, 0.2) is 63.5 Å². The van der Waals surface area contributed by atoms with Gasteiger partial charge in [-0.05, 0) is 46.3 Å². The Kier molecular flexibility index (Phi) is 7.89. The van der Waals surface area contributed by atoms with Crippen molar-refractivity contribution in [3.8, 4) is 5.75 Å². The van der Waals surface area contributed by atoms with Crippen LogP contribution in [0.25, 0.3) is 0 Å². The molecule has 0 atom stereocenters. The average Bonchev–Trinajstić information content (AvgIpc) is 2.70. The molecule has 3 rings (SSSR count). The van der Waals surface area contributed by atoms with E-state index >= 15 is 0 Å². The molecule has 32 heavy (non-hydrogen) atoms. The molecule has 0 radical (unpaired) electrons. The molecule has 0 unspecified atom stereocenters. The first-order valence-electron chi connectivity index (χ1n) is 8.84. The summed E-state index contributed by atoms with van der Waals surface area (Å²) in [5, 5.41) is 13.9. The number of hydrogen-bond donors (Lipinski definition) is 1. The molecule has 0 aliphatic heterocycles. The van der Waals surface area contributed by atoms with E-state index in [0.717, 1.165) is 0 Å². The van der Waals surface area contributed by atoms with E-state index in [4.69, 9.17) is 27.9 Å². The van der Waals surface area contributed by atoms with E-state index < -0.39 is 16.8 Å². The molecule has 0 aromatic heterocycles. The molecule has 0 saturated carbocycles. The number of amides is 1. The minimum absolute atomic E-state index is 0.0130. The highest BCUT2D eigenvalue weighted by Gasteiger charge is 2.22. The topological polar surface area (TPSA) is 98.5 Å². The molecule has 0 aliphatic rings. The standard InChI is InChI=1S/C21H12Br2Cl2N2O5/c22-12-8-11(9-18(28)26-16-6-1-2-7-17(16)27(30)31)20(13(23)10-12)32-21(29)19-14(24)4-3-5-15(19)25/h1-8,10H,9H2,(H,26,28). The van der Waals surface area contributed by atoms with E-state index in [1.54, 1.807) is 24.3 Å². The van der Waals surface area contributed by atoms with E-state index in [0.29, 0.717) is 14.5 Å². The molecule has 164 valence electrons. The van der Waals surface area contributed by atoms with Crippen LogP contribution < -0.4 is 10.1 Å². The molecule has 3 aromatic carbocycles. The highest BCUT2D eigenvalue weighted by Crippen LogP contribution is 2.35. The van der Waals surface area contributed by atoms with Crippen LogP contribution in [-0.4, -0.2) is 16.8 Å². The molecule has 7 nitrogen and oxygen atoms in total. The number of benzene rings is 3. The SMILES string of the molecule is O=C(Cc1cc(Br)cc(Br)c1OC(=O)c1c(Cl)cccc1Cl)Nc1ccccc1[N+](=O)[O-]. The van der Waals surface area contributed by atoms with Gasteiger partial charge in [0.2, 0.25) is 5.91 Å². The summed E-state index contributed by atoms with van der Waals surface area (Å²) in [5.74, 6) is -1.26. The molecular weight excluding hydrogens is 591 g/mol. The Hall–Kier alpha value is -2.46. The van der Waals surface area contributed by atoms with Gasteiger partial charge in [-0.2, -0.15) is 0 Å². The lowest BCUT2D eigenvalue weighted by molar-refractivity contribution is -0.383. The van der Waals surface area contributed by atoms with Crippen LogP contribution in [0, 0.1) is 10.1 Å². The summed E-state index contributed by atoms with van der Waals surface area (Å²) in [6.45, 7) is 0. The predicted octanol–water partition coefficient (Wildman–Crippen LogP) is 6.83. The number of hydrogen-bond acceptors (Lipinski definition) is 5. The lowest BCUT2D eigenvalue weighted by Gasteiger charge is -2.14. The molecule has 0 bridgehead atoms. The van der Waals surface area contributed by atoms with Gasteiger partial charge in [0.05, 0.1) is 31.4 Å². The Morgan fingerprint density at radius 1 is 1.03 bits per heavy atom. The summed E-state index contributed by atoms with van der Waals surface area (Å²) in [6, 6.07) is 13.6. The van der Waals surface area contributed by atoms with E-state index in [-0.39, 0.29) is 39.2 Å². The van der Waals surface area contributed by atoms with Gasteiger partial charge in [0, 0.05) is 16.1 Å². The number of nitro benzene ring substituents is 1. The number of rotatable bonds is 6. The summed E-state index contributed by atoms with van der Waals surface area (Å²) in [4.78, 5) is 36.0. The third kappa shape index (κ3) is 5.66. The summed E-state index contributed by atoms with van der Waals surface area (Å²) >= 11 is 18.8. The maximum Gasteiger partial charge on any atom is 0.346 e. The van der Waals surface area contributed by atoms with E-state index in [2.05, 4.69) is 37.2 Å². The number of carbonyl (C=O) groups is 2. The minimum Gasteiger partial charge on any atom is -0.421 e. The summed E-state index contributed by atoms with van der Waals surface area (Å²) < 4.78 is 6.55. The first-order valence-corrected chi connectivity index (χ1v) is 11.2. The van der Waals surface area contributed by atoms with Gasteiger partial charge in [0.15, 0.2) is 0 Å². The second-order valence-electron chi connectivity index (χ2n) is 6.36. The van der Waals surface area contributed by atoms with Crippen molar-refractivity contribution in [3.05, 3.63) is 94.8 Å². The zero-order chi connectivity index (χ0) is 23.4. The number of carbonyl (C=O) groups excluding carboxylic acids is 2. The molecule has 0 spiro atoms. The molecule has 0 saturated heterocycles. The molecule has 0 heterocycles. The van der Waals surface area contributed by atoms with E-state index in [9.17, 15) is 19.7 Å². The monoisotopic (exact) mass is 600 g/mol. The molecule has 1 N–H and O–H groups in total. The Bertz CT molecular complexity index is 1220. The van der Waals surface area contributed by atoms with Crippen LogP contribution in [0.4, 0.5) is 11.4 Å². The maximum atomic E-state index is 12.7. The van der Waals surface area contributed by atoms with Crippen molar-refractivity contribution in [1.29, 1.82) is 0 Å². The van der Waals surface area contributed by atoms with Crippen LogP contribution >= 0.6 is 55.1 Å². The Morgan fingerprint density at radius 3 is 2.34 bits per heavy atom. The molecule has 3 aromatic rings. The van der Waals surface area contributed by atoms with Crippen molar-refractivity contribution in [2.75, 3.05) is 5.32 Å². The van der Waals surface area contributed by atoms with Crippen molar-refractivity contribution in [1.82, 2.24) is 0 Å². The van der Waals surface area contributed by atoms with Crippen molar-refractivity contribution >= 4 is 78.3 Å². The largest absolute Gasteiger partial charge is 0.421 e. The van der Waals surface area contributed by atoms with Gasteiger partial charge in [-0.25, -0.2) is 4.79 Å². The minimum atomic E-state index is -0.802. The van der Waals surface area contributed by atoms with Gasteiger partial charge in [-0.15, -0.1) is 0 Å². The molecule has 0 aliphatic carbocycles. The molecular formula is C21H12Br2Cl2N2O5. The Labute approximate surface area is 209 Å². The third-order valence-electron chi connectivity index (χ3n) is 4.17. The average molecular weight is 603 g/mol. The number of nitrogens with zero attached hydrogens (tertiary/aromatic N) is 1. The number of halogens is 4. The number of ether oxygens (including phenoxy) is 1. The van der Waals surface area contributed by atoms with Gasteiger partial charge in [-0.1, -0.05) is 57.3 Å². The molecule has 0 fully saturated rings. The maximum absolute atomic E-state index is 12.7. The van der Waals surface area contributed by atoms with E-state index in [1.807, 2.05) is 0 Å². The van der Waals surface area contributed by atoms with Gasteiger partial charge in [0.25, 0.3) is 5.69 Å². The number of esters is 1. The van der Waals surface area contributed by atoms with Gasteiger partial charge in [0.1, 0.15) is 11.4 Å². The molecule has 1 amide bonds. The van der Waals surface area contributed by atoms with Crippen LogP contribution in [0.2, 0.25) is 10.0 Å². The van der Waals surface area contributed by atoms with Gasteiger partial charge >= 0.3 is 5.97 Å². The van der Waals surface area contributed by atoms with Crippen molar-refractivity contribution < 1.29 is 19.2 Å². The summed E-state index contributed by atoms with van der Waals surface area (Å²) in [6.07, 6.45) is -0.233. The summed E-state index contributed by atoms with van der Waals surface area (Å²) in [5.41, 5.74) is 0.147. The predicted molar refractivity (Wildman–Crippen MR) is 129 cm³/mol. The fourth-order valence-electron chi connectivity index (χ4n) is 2.80. The number of nitrogens with one attached hydrogen (secondary N) is 1. The number of nitro groups is 1. The van der Waals surface area contributed by atoms with Gasteiger partial charge < -0.3 is 10.1 Å². The number of anilines is 1. The zero-order valence-corrected chi connectivity index (χ0v) is 20.6. The third-order valence-corrected chi connectivity index (χ3v) is 5.85. The van der Waals surface area contributed by atoms with Crippen LogP contribution in [-0.2, 0) is 11.2 Å². The van der Waals surface area contributed by atoms with Crippen LogP contribution in [0.3, 0.4) is 0 Å². The normalized spacial score (nSPS) is 10.5. The second kappa shape index (κ2) is 10.4. The fraction of sp³-hybridized carbons (Fsp3) is 0.0476. The first-order chi connectivity index (χ1) is 15.2. The van der Waals surface area contributed by atoms with Crippen molar-refractivity contribution in [3.63, 3.8) is 0 Å². The lowest BCUT2D eigenvalue weighted by atomic mass is 10.1. The van der Waals surface area contributed by atoms with E-state index in [1.165, 1.54) is 30.3 Å².